The number of thiol groups is 1. The van der Waals surface area contributed by atoms with E-state index in [1.807, 2.05) is 24.3 Å². The Kier molecular flexibility index (Phi) is 3.83. The van der Waals surface area contributed by atoms with Crippen LogP contribution in [0.25, 0.3) is 0 Å². The average Bonchev–Trinajstić information content (AvgIpc) is 3.26. The summed E-state index contributed by atoms with van der Waals surface area (Å²) in [6.07, 6.45) is 5.98. The number of carbonyl (C=O) groups is 1. The third-order valence-electron chi connectivity index (χ3n) is 4.29. The lowest BCUT2D eigenvalue weighted by molar-refractivity contribution is -0.120. The Labute approximate surface area is 120 Å². The second-order valence-electron chi connectivity index (χ2n) is 5.99. The van der Waals surface area contributed by atoms with Gasteiger partial charge < -0.3 is 5.32 Å². The molecule has 0 aliphatic heterocycles. The van der Waals surface area contributed by atoms with Crippen molar-refractivity contribution < 1.29 is 4.79 Å². The van der Waals surface area contributed by atoms with Crippen molar-refractivity contribution in [1.82, 2.24) is 5.32 Å². The fourth-order valence-corrected chi connectivity index (χ4v) is 3.01. The molecule has 1 aromatic rings. The van der Waals surface area contributed by atoms with Gasteiger partial charge >= 0.3 is 0 Å². The molecule has 3 heteroatoms. The third-order valence-corrected chi connectivity index (χ3v) is 4.59. The van der Waals surface area contributed by atoms with Crippen molar-refractivity contribution >= 4 is 18.5 Å². The standard InChI is InChI=1S/C16H21NOS/c18-16(9-11-1-7-14(19)8-2-11)17-10-15(12-3-4-12)13-5-6-13/h1-2,7-8,12-13,15,19H,3-6,9-10H2,(H,17,18). The van der Waals surface area contributed by atoms with Crippen LogP contribution >= 0.6 is 12.6 Å². The molecule has 0 atom stereocenters. The summed E-state index contributed by atoms with van der Waals surface area (Å²) < 4.78 is 0. The van der Waals surface area contributed by atoms with E-state index < -0.39 is 0 Å². The van der Waals surface area contributed by atoms with Crippen LogP contribution in [0.5, 0.6) is 0 Å². The van der Waals surface area contributed by atoms with E-state index in [1.165, 1.54) is 25.7 Å². The van der Waals surface area contributed by atoms with Gasteiger partial charge in [-0.15, -0.1) is 12.6 Å². The summed E-state index contributed by atoms with van der Waals surface area (Å²) in [5.74, 6) is 2.70. The Bertz CT molecular complexity index is 436. The van der Waals surface area contributed by atoms with Crippen LogP contribution in [0.2, 0.25) is 0 Å². The lowest BCUT2D eigenvalue weighted by Crippen LogP contribution is -2.32. The van der Waals surface area contributed by atoms with E-state index in [2.05, 4.69) is 17.9 Å². The van der Waals surface area contributed by atoms with E-state index in [9.17, 15) is 4.79 Å². The van der Waals surface area contributed by atoms with Crippen molar-refractivity contribution in [1.29, 1.82) is 0 Å². The molecule has 0 spiro atoms. The fraction of sp³-hybridized carbons (Fsp3) is 0.562. The van der Waals surface area contributed by atoms with E-state index in [0.717, 1.165) is 34.8 Å². The van der Waals surface area contributed by atoms with Crippen LogP contribution in [-0.4, -0.2) is 12.5 Å². The molecule has 2 saturated carbocycles. The van der Waals surface area contributed by atoms with E-state index >= 15 is 0 Å². The summed E-state index contributed by atoms with van der Waals surface area (Å²) in [6.45, 7) is 0.888. The monoisotopic (exact) mass is 275 g/mol. The number of amides is 1. The number of nitrogens with one attached hydrogen (secondary N) is 1. The highest BCUT2D eigenvalue weighted by Crippen LogP contribution is 2.48. The Hall–Kier alpha value is -0.960. The van der Waals surface area contributed by atoms with Crippen LogP contribution in [0.15, 0.2) is 29.2 Å². The van der Waals surface area contributed by atoms with E-state index in [-0.39, 0.29) is 5.91 Å². The SMILES string of the molecule is O=C(Cc1ccc(S)cc1)NCC(C1CC1)C1CC1. The molecule has 3 rings (SSSR count). The van der Waals surface area contributed by atoms with Crippen LogP contribution in [0.4, 0.5) is 0 Å². The van der Waals surface area contributed by atoms with Gasteiger partial charge in [0, 0.05) is 11.4 Å². The van der Waals surface area contributed by atoms with Crippen molar-refractivity contribution in [2.45, 2.75) is 37.0 Å². The Morgan fingerprint density at radius 3 is 2.26 bits per heavy atom. The van der Waals surface area contributed by atoms with E-state index in [4.69, 9.17) is 0 Å². The average molecular weight is 275 g/mol. The number of rotatable bonds is 6. The van der Waals surface area contributed by atoms with Gasteiger partial charge in [-0.2, -0.15) is 0 Å². The van der Waals surface area contributed by atoms with Gasteiger partial charge in [-0.05, 0) is 61.1 Å². The second-order valence-corrected chi connectivity index (χ2v) is 6.50. The first-order chi connectivity index (χ1) is 9.22. The maximum Gasteiger partial charge on any atom is 0.224 e. The third kappa shape index (κ3) is 3.75. The molecule has 2 nitrogen and oxygen atoms in total. The summed E-state index contributed by atoms with van der Waals surface area (Å²) in [4.78, 5) is 12.9. The minimum atomic E-state index is 0.151. The number of carbonyl (C=O) groups excluding carboxylic acids is 1. The molecule has 1 amide bonds. The van der Waals surface area contributed by atoms with E-state index in [0.29, 0.717) is 6.42 Å². The summed E-state index contributed by atoms with van der Waals surface area (Å²) in [5.41, 5.74) is 1.06. The molecule has 0 bridgehead atoms. The van der Waals surface area contributed by atoms with Gasteiger partial charge in [-0.3, -0.25) is 4.79 Å². The summed E-state index contributed by atoms with van der Waals surface area (Å²) >= 11 is 4.25. The maximum atomic E-state index is 12.0. The quantitative estimate of drug-likeness (QED) is 0.768. The zero-order chi connectivity index (χ0) is 13.2. The second kappa shape index (κ2) is 5.58. The van der Waals surface area contributed by atoms with Gasteiger partial charge in [-0.25, -0.2) is 0 Å². The summed E-state index contributed by atoms with van der Waals surface area (Å²) in [5, 5.41) is 3.13. The smallest absolute Gasteiger partial charge is 0.224 e. The lowest BCUT2D eigenvalue weighted by Gasteiger charge is -2.16. The highest BCUT2D eigenvalue weighted by Gasteiger charge is 2.41. The van der Waals surface area contributed by atoms with E-state index in [1.54, 1.807) is 0 Å². The van der Waals surface area contributed by atoms with Crippen molar-refractivity contribution in [2.24, 2.45) is 17.8 Å². The summed E-state index contributed by atoms with van der Waals surface area (Å²) in [7, 11) is 0. The van der Waals surface area contributed by atoms with Gasteiger partial charge in [0.05, 0.1) is 6.42 Å². The summed E-state index contributed by atoms with van der Waals surface area (Å²) in [6, 6.07) is 7.81. The molecule has 0 aromatic heterocycles. The normalized spacial score (nSPS) is 18.6. The van der Waals surface area contributed by atoms with Gasteiger partial charge in [0.15, 0.2) is 0 Å². The largest absolute Gasteiger partial charge is 0.356 e. The molecular weight excluding hydrogens is 254 g/mol. The molecule has 0 unspecified atom stereocenters. The number of hydrogen-bond donors (Lipinski definition) is 2. The molecule has 1 aromatic carbocycles. The maximum absolute atomic E-state index is 12.0. The first-order valence-electron chi connectivity index (χ1n) is 7.27. The fourth-order valence-electron chi connectivity index (χ4n) is 2.86. The predicted octanol–water partition coefficient (Wildman–Crippen LogP) is 3.07. The minimum absolute atomic E-state index is 0.151. The van der Waals surface area contributed by atoms with Crippen LogP contribution in [-0.2, 0) is 11.2 Å². The molecule has 2 fully saturated rings. The number of benzene rings is 1. The first-order valence-corrected chi connectivity index (χ1v) is 7.71. The zero-order valence-corrected chi connectivity index (χ0v) is 12.0. The van der Waals surface area contributed by atoms with Crippen LogP contribution in [0, 0.1) is 17.8 Å². The van der Waals surface area contributed by atoms with Gasteiger partial charge in [-0.1, -0.05) is 12.1 Å². The van der Waals surface area contributed by atoms with Gasteiger partial charge in [0.25, 0.3) is 0 Å². The molecule has 0 radical (unpaired) electrons. The van der Waals surface area contributed by atoms with Crippen molar-refractivity contribution in [2.75, 3.05) is 6.54 Å². The van der Waals surface area contributed by atoms with Crippen LogP contribution in [0.1, 0.15) is 31.2 Å². The van der Waals surface area contributed by atoms with Crippen LogP contribution < -0.4 is 5.32 Å². The Morgan fingerprint density at radius 1 is 1.16 bits per heavy atom. The molecule has 0 heterocycles. The van der Waals surface area contributed by atoms with Crippen molar-refractivity contribution in [3.05, 3.63) is 29.8 Å². The topological polar surface area (TPSA) is 29.1 Å². The Balaban J connectivity index is 1.46. The molecule has 19 heavy (non-hydrogen) atoms. The Morgan fingerprint density at radius 2 is 1.74 bits per heavy atom. The number of hydrogen-bond acceptors (Lipinski definition) is 2. The molecule has 1 N–H and O–H groups in total. The zero-order valence-electron chi connectivity index (χ0n) is 11.1. The molecule has 2 aliphatic carbocycles. The lowest BCUT2D eigenvalue weighted by atomic mass is 9.98. The molecule has 2 aliphatic rings. The van der Waals surface area contributed by atoms with Gasteiger partial charge in [0.1, 0.15) is 0 Å². The minimum Gasteiger partial charge on any atom is -0.356 e. The van der Waals surface area contributed by atoms with Gasteiger partial charge in [0.2, 0.25) is 5.91 Å². The van der Waals surface area contributed by atoms with Crippen LogP contribution in [0.3, 0.4) is 0 Å². The highest BCUT2D eigenvalue weighted by atomic mass is 32.1. The molecule has 0 saturated heterocycles. The first kappa shape index (κ1) is 13.0. The molecular formula is C16H21NOS. The molecule has 102 valence electrons. The predicted molar refractivity (Wildman–Crippen MR) is 79.3 cm³/mol. The highest BCUT2D eigenvalue weighted by molar-refractivity contribution is 7.80. The van der Waals surface area contributed by atoms with Crippen molar-refractivity contribution in [3.8, 4) is 0 Å². The van der Waals surface area contributed by atoms with Crippen molar-refractivity contribution in [3.63, 3.8) is 0 Å².